The number of amides is 2. The molecule has 43 heavy (non-hydrogen) atoms. The highest BCUT2D eigenvalue weighted by Gasteiger charge is 2.32. The first kappa shape index (κ1) is 32.2. The fraction of sp³-hybridized carbons (Fsp3) is 0.344. The predicted molar refractivity (Wildman–Crippen MR) is 161 cm³/mol. The minimum Gasteiger partial charge on any atom is -0.478 e. The van der Waals surface area contributed by atoms with Gasteiger partial charge in [-0.15, -0.1) is 11.8 Å². The predicted octanol–water partition coefficient (Wildman–Crippen LogP) is 5.61. The van der Waals surface area contributed by atoms with E-state index in [1.165, 1.54) is 11.8 Å². The lowest BCUT2D eigenvalue weighted by Gasteiger charge is -2.36. The van der Waals surface area contributed by atoms with Crippen molar-refractivity contribution in [2.45, 2.75) is 68.5 Å². The van der Waals surface area contributed by atoms with Crippen molar-refractivity contribution >= 4 is 35.2 Å². The number of benzene rings is 3. The fourth-order valence-corrected chi connectivity index (χ4v) is 5.83. The summed E-state index contributed by atoms with van der Waals surface area (Å²) in [6, 6.07) is 21.7. The van der Waals surface area contributed by atoms with E-state index in [0.29, 0.717) is 48.4 Å². The van der Waals surface area contributed by atoms with E-state index in [0.717, 1.165) is 16.7 Å². The third kappa shape index (κ3) is 9.63. The molecule has 0 spiro atoms. The standard InChI is InChI=1S/C32H36N2O8S/c35-19-21-13-15-22(16-14-21)27-18-25(20-43-28-10-5-4-9-26(28)31(38)39)41-32(42-27)23-7-6-8-24(17-23)33-29(36)11-2-1-3-12-30(37)34-40/h4-10,13-17,25,27,32,35,40H,1-3,11-12,18-20H2,(H,33,36)(H,34,37)(H,38,39). The summed E-state index contributed by atoms with van der Waals surface area (Å²) in [4.78, 5) is 36.0. The maximum absolute atomic E-state index is 12.5. The largest absolute Gasteiger partial charge is 0.478 e. The molecule has 1 heterocycles. The number of hydroxylamine groups is 1. The number of unbranched alkanes of at least 4 members (excludes halogenated alkanes) is 2. The molecule has 1 aliphatic heterocycles. The van der Waals surface area contributed by atoms with E-state index in [9.17, 15) is 24.6 Å². The van der Waals surface area contributed by atoms with Crippen LogP contribution in [0.5, 0.6) is 0 Å². The van der Waals surface area contributed by atoms with Gasteiger partial charge in [-0.2, -0.15) is 0 Å². The summed E-state index contributed by atoms with van der Waals surface area (Å²) in [5.74, 6) is -1.07. The number of carboxylic acid groups (broad SMARTS) is 1. The summed E-state index contributed by atoms with van der Waals surface area (Å²) in [7, 11) is 0. The molecule has 5 N–H and O–H groups in total. The molecule has 228 valence electrons. The van der Waals surface area contributed by atoms with Crippen LogP contribution in [-0.4, -0.2) is 45.1 Å². The number of hydrogen-bond acceptors (Lipinski definition) is 8. The molecule has 3 unspecified atom stereocenters. The summed E-state index contributed by atoms with van der Waals surface area (Å²) >= 11 is 1.42. The van der Waals surface area contributed by atoms with Gasteiger partial charge in [-0.25, -0.2) is 10.3 Å². The first-order chi connectivity index (χ1) is 20.9. The zero-order valence-electron chi connectivity index (χ0n) is 23.6. The molecule has 1 saturated heterocycles. The van der Waals surface area contributed by atoms with Gasteiger partial charge in [-0.05, 0) is 48.2 Å². The van der Waals surface area contributed by atoms with Crippen molar-refractivity contribution in [3.63, 3.8) is 0 Å². The van der Waals surface area contributed by atoms with Crippen molar-refractivity contribution in [3.8, 4) is 0 Å². The van der Waals surface area contributed by atoms with Crippen molar-refractivity contribution in [1.29, 1.82) is 0 Å². The Morgan fingerprint density at radius 3 is 2.33 bits per heavy atom. The highest BCUT2D eigenvalue weighted by atomic mass is 32.2. The van der Waals surface area contributed by atoms with Crippen molar-refractivity contribution < 1.29 is 39.3 Å². The minimum atomic E-state index is -0.983. The Labute approximate surface area is 254 Å². The molecule has 3 atom stereocenters. The fourth-order valence-electron chi connectivity index (χ4n) is 4.76. The van der Waals surface area contributed by atoms with Gasteiger partial charge < -0.3 is 25.0 Å². The van der Waals surface area contributed by atoms with Crippen LogP contribution in [0.1, 0.15) is 78.0 Å². The van der Waals surface area contributed by atoms with E-state index in [-0.39, 0.29) is 36.7 Å². The van der Waals surface area contributed by atoms with Gasteiger partial charge in [0.15, 0.2) is 6.29 Å². The molecule has 1 aliphatic rings. The van der Waals surface area contributed by atoms with E-state index < -0.39 is 18.2 Å². The molecule has 0 bridgehead atoms. The average Bonchev–Trinajstić information content (AvgIpc) is 3.03. The van der Waals surface area contributed by atoms with Crippen LogP contribution in [0.3, 0.4) is 0 Å². The van der Waals surface area contributed by atoms with Crippen LogP contribution in [0.2, 0.25) is 0 Å². The number of carbonyl (C=O) groups is 3. The molecule has 11 heteroatoms. The molecular formula is C32H36N2O8S. The lowest BCUT2D eigenvalue weighted by Crippen LogP contribution is -2.31. The average molecular weight is 609 g/mol. The Bertz CT molecular complexity index is 1380. The second-order valence-corrected chi connectivity index (χ2v) is 11.3. The molecule has 0 aliphatic carbocycles. The smallest absolute Gasteiger partial charge is 0.336 e. The lowest BCUT2D eigenvalue weighted by atomic mass is 10.0. The monoisotopic (exact) mass is 608 g/mol. The van der Waals surface area contributed by atoms with Crippen LogP contribution in [0.25, 0.3) is 0 Å². The van der Waals surface area contributed by atoms with E-state index in [1.807, 2.05) is 48.5 Å². The van der Waals surface area contributed by atoms with Gasteiger partial charge in [-0.3, -0.25) is 14.8 Å². The number of aliphatic hydroxyl groups is 1. The van der Waals surface area contributed by atoms with E-state index in [2.05, 4.69) is 5.32 Å². The number of nitrogens with one attached hydrogen (secondary N) is 2. The van der Waals surface area contributed by atoms with Crippen molar-refractivity contribution in [1.82, 2.24) is 5.48 Å². The third-order valence-corrected chi connectivity index (χ3v) is 8.24. The van der Waals surface area contributed by atoms with Crippen LogP contribution in [-0.2, 0) is 25.7 Å². The van der Waals surface area contributed by atoms with Gasteiger partial charge >= 0.3 is 5.97 Å². The number of ether oxygens (including phenoxy) is 2. The Morgan fingerprint density at radius 2 is 1.60 bits per heavy atom. The zero-order chi connectivity index (χ0) is 30.6. The Morgan fingerprint density at radius 1 is 0.860 bits per heavy atom. The summed E-state index contributed by atoms with van der Waals surface area (Å²) in [6.07, 6.45) is 1.62. The summed E-state index contributed by atoms with van der Waals surface area (Å²) in [5.41, 5.74) is 4.90. The second-order valence-electron chi connectivity index (χ2n) is 10.2. The number of rotatable bonds is 14. The molecule has 1 fully saturated rings. The van der Waals surface area contributed by atoms with Crippen LogP contribution >= 0.6 is 11.8 Å². The molecule has 0 saturated carbocycles. The van der Waals surface area contributed by atoms with E-state index in [1.54, 1.807) is 29.7 Å². The van der Waals surface area contributed by atoms with Crippen LogP contribution in [0, 0.1) is 0 Å². The van der Waals surface area contributed by atoms with Crippen molar-refractivity contribution in [2.24, 2.45) is 0 Å². The Kier molecular flexibility index (Phi) is 12.1. The quantitative estimate of drug-likeness (QED) is 0.0680. The molecule has 2 amide bonds. The third-order valence-electron chi connectivity index (χ3n) is 7.03. The number of aromatic carboxylic acids is 1. The topological polar surface area (TPSA) is 154 Å². The summed E-state index contributed by atoms with van der Waals surface area (Å²) in [5, 5.41) is 30.5. The van der Waals surface area contributed by atoms with Gasteiger partial charge in [0, 0.05) is 41.2 Å². The second kappa shape index (κ2) is 16.2. The lowest BCUT2D eigenvalue weighted by molar-refractivity contribution is -0.245. The number of carbonyl (C=O) groups excluding carboxylic acids is 2. The van der Waals surface area contributed by atoms with Gasteiger partial charge in [0.2, 0.25) is 11.8 Å². The van der Waals surface area contributed by atoms with Crippen molar-refractivity contribution in [3.05, 3.63) is 95.1 Å². The molecule has 4 rings (SSSR count). The summed E-state index contributed by atoms with van der Waals surface area (Å²) < 4.78 is 12.8. The van der Waals surface area contributed by atoms with Gasteiger partial charge in [0.25, 0.3) is 0 Å². The Hall–Kier alpha value is -3.74. The SMILES string of the molecule is O=C(CCCCCC(=O)Nc1cccc(C2OC(CSc3ccccc3C(=O)O)CC(c3ccc(CO)cc3)O2)c1)NO. The maximum Gasteiger partial charge on any atom is 0.336 e. The van der Waals surface area contributed by atoms with Gasteiger partial charge in [0.1, 0.15) is 0 Å². The molecule has 3 aromatic carbocycles. The highest BCUT2D eigenvalue weighted by molar-refractivity contribution is 7.99. The minimum absolute atomic E-state index is 0.0564. The first-order valence-corrected chi connectivity index (χ1v) is 15.1. The van der Waals surface area contributed by atoms with Crippen molar-refractivity contribution in [2.75, 3.05) is 11.1 Å². The molecule has 3 aromatic rings. The molecule has 0 aromatic heterocycles. The highest BCUT2D eigenvalue weighted by Crippen LogP contribution is 2.40. The molecule has 10 nitrogen and oxygen atoms in total. The van der Waals surface area contributed by atoms with Crippen LogP contribution in [0.4, 0.5) is 5.69 Å². The van der Waals surface area contributed by atoms with Crippen LogP contribution in [0.15, 0.2) is 77.7 Å². The maximum atomic E-state index is 12.5. The number of carboxylic acids is 1. The number of aliphatic hydroxyl groups excluding tert-OH is 1. The number of hydrogen-bond donors (Lipinski definition) is 5. The van der Waals surface area contributed by atoms with Gasteiger partial charge in [-0.1, -0.05) is 55.0 Å². The first-order valence-electron chi connectivity index (χ1n) is 14.1. The summed E-state index contributed by atoms with van der Waals surface area (Å²) in [6.45, 7) is -0.0564. The Balaban J connectivity index is 1.44. The van der Waals surface area contributed by atoms with E-state index >= 15 is 0 Å². The zero-order valence-corrected chi connectivity index (χ0v) is 24.4. The molecule has 0 radical (unpaired) electrons. The van der Waals surface area contributed by atoms with Crippen LogP contribution < -0.4 is 10.8 Å². The molecular weight excluding hydrogens is 572 g/mol. The van der Waals surface area contributed by atoms with E-state index in [4.69, 9.17) is 14.7 Å². The van der Waals surface area contributed by atoms with Gasteiger partial charge in [0.05, 0.1) is 24.4 Å². The normalized spacial score (nSPS) is 18.1. The number of anilines is 1. The number of thioether (sulfide) groups is 1.